The number of rotatable bonds is 94. The molecule has 0 saturated carbocycles. The molecule has 0 aromatic carbocycles. The third-order valence-electron chi connectivity index (χ3n) is 21.2. The van der Waals surface area contributed by atoms with Gasteiger partial charge in [0.25, 0.3) is 0 Å². The number of hydrogen-bond donors (Lipinski definition) is 4. The smallest absolute Gasteiger partial charge is 0.463 e. The fraction of sp³-hybridized carbons (Fsp3) is 0.724. The summed E-state index contributed by atoms with van der Waals surface area (Å²) in [4.78, 5) is 59.2. The maximum Gasteiger partial charge on any atom is 0.472 e. The highest BCUT2D eigenvalue weighted by Gasteiger charge is 2.30. The Kier molecular flexibility index (Phi) is 92.5. The SMILES string of the molecule is CC/C=C\C/C=C\C/C=C\C/C=C\C/C=C\CCCCCCCCCCCCCCCCCCCC(=O)OCC(O)COP(=O)(O)OCC(O)COP(=O)(O)OCC(COC(=O)CCCCCCCCCCCCCCC/C=C\C/C=C\C/C=C\C/C=C\CCCCC)OC(=O)CCCCCCCCCCC/C=C\C/C=C\C/C=C\C/C=C\CCCCC. The monoisotopic (exact) mass is 1760 g/mol. The summed E-state index contributed by atoms with van der Waals surface area (Å²) >= 11 is 0. The van der Waals surface area contributed by atoms with Crippen LogP contribution in [0.2, 0.25) is 0 Å². The zero-order chi connectivity index (χ0) is 89.3. The maximum absolute atomic E-state index is 13.1. The predicted octanol–water partition coefficient (Wildman–Crippen LogP) is 31.2. The number of carbonyl (C=O) groups is 3. The second kappa shape index (κ2) is 96.3. The highest BCUT2D eigenvalue weighted by atomic mass is 31.2. The summed E-state index contributed by atoms with van der Waals surface area (Å²) in [6.07, 6.45) is 124. The lowest BCUT2D eigenvalue weighted by Gasteiger charge is -2.21. The average Bonchev–Trinajstić information content (AvgIpc) is 0.892. The number of unbranched alkanes of at least 4 members (excludes halogenated alkanes) is 45. The van der Waals surface area contributed by atoms with Gasteiger partial charge < -0.3 is 34.2 Å². The largest absolute Gasteiger partial charge is 0.472 e. The molecular weight excluding hydrogens is 1580 g/mol. The van der Waals surface area contributed by atoms with Gasteiger partial charge in [0.15, 0.2) is 6.10 Å². The summed E-state index contributed by atoms with van der Waals surface area (Å²) in [5, 5.41) is 20.8. The maximum atomic E-state index is 13.1. The van der Waals surface area contributed by atoms with Gasteiger partial charge in [0.2, 0.25) is 0 Å². The summed E-state index contributed by atoms with van der Waals surface area (Å²) < 4.78 is 61.6. The van der Waals surface area contributed by atoms with Crippen molar-refractivity contribution in [3.63, 3.8) is 0 Å². The first kappa shape index (κ1) is 118. The Balaban J connectivity index is 4.59. The van der Waals surface area contributed by atoms with Gasteiger partial charge in [-0.3, -0.25) is 32.5 Å². The molecule has 0 aliphatic carbocycles. The van der Waals surface area contributed by atoms with E-state index in [0.29, 0.717) is 19.3 Å². The highest BCUT2D eigenvalue weighted by molar-refractivity contribution is 7.47. The number of aliphatic hydroxyl groups is 2. The van der Waals surface area contributed by atoms with E-state index in [1.54, 1.807) is 0 Å². The van der Waals surface area contributed by atoms with Crippen molar-refractivity contribution < 1.29 is 75.8 Å². The molecule has 0 saturated heterocycles. The lowest BCUT2D eigenvalue weighted by Crippen LogP contribution is -2.30. The van der Waals surface area contributed by atoms with Gasteiger partial charge in [-0.15, -0.1) is 0 Å². The first-order valence-electron chi connectivity index (χ1n) is 49.8. The van der Waals surface area contributed by atoms with Gasteiger partial charge in [0.1, 0.15) is 25.4 Å². The van der Waals surface area contributed by atoms with Crippen molar-refractivity contribution in [3.05, 3.63) is 158 Å². The van der Waals surface area contributed by atoms with Gasteiger partial charge in [-0.25, -0.2) is 9.13 Å². The molecule has 123 heavy (non-hydrogen) atoms. The summed E-state index contributed by atoms with van der Waals surface area (Å²) in [6, 6.07) is 0. The summed E-state index contributed by atoms with van der Waals surface area (Å²) in [6.45, 7) is 2.58. The van der Waals surface area contributed by atoms with E-state index in [9.17, 15) is 43.5 Å². The second-order valence-electron chi connectivity index (χ2n) is 33.2. The van der Waals surface area contributed by atoms with E-state index in [4.69, 9.17) is 32.3 Å². The van der Waals surface area contributed by atoms with Gasteiger partial charge >= 0.3 is 33.6 Å². The Bertz CT molecular complexity index is 2870. The van der Waals surface area contributed by atoms with Crippen molar-refractivity contribution in [3.8, 4) is 0 Å². The number of hydrogen-bond acceptors (Lipinski definition) is 14. The second-order valence-corrected chi connectivity index (χ2v) is 36.1. The van der Waals surface area contributed by atoms with Crippen LogP contribution in [0.25, 0.3) is 0 Å². The van der Waals surface area contributed by atoms with Gasteiger partial charge in [0, 0.05) is 19.3 Å². The normalized spacial score (nSPS) is 14.4. The predicted molar refractivity (Wildman–Crippen MR) is 519 cm³/mol. The van der Waals surface area contributed by atoms with Crippen LogP contribution >= 0.6 is 15.6 Å². The van der Waals surface area contributed by atoms with E-state index in [1.165, 1.54) is 218 Å². The molecule has 18 heteroatoms. The lowest BCUT2D eigenvalue weighted by molar-refractivity contribution is -0.161. The minimum absolute atomic E-state index is 0.0951. The van der Waals surface area contributed by atoms with E-state index >= 15 is 0 Å². The fourth-order valence-corrected chi connectivity index (χ4v) is 15.3. The number of carbonyl (C=O) groups excluding carboxylic acids is 3. The van der Waals surface area contributed by atoms with Crippen LogP contribution in [0.15, 0.2) is 158 Å². The van der Waals surface area contributed by atoms with Crippen LogP contribution in [-0.2, 0) is 55.8 Å². The molecule has 0 aliphatic heterocycles. The molecule has 0 rings (SSSR count). The van der Waals surface area contributed by atoms with Crippen LogP contribution in [0.5, 0.6) is 0 Å². The molecule has 0 aliphatic rings. The molecule has 0 aromatic heterocycles. The van der Waals surface area contributed by atoms with Gasteiger partial charge in [-0.2, -0.15) is 0 Å². The molecule has 708 valence electrons. The molecule has 5 atom stereocenters. The molecule has 0 fully saturated rings. The average molecular weight is 1760 g/mol. The zero-order valence-corrected chi connectivity index (χ0v) is 80.1. The molecule has 4 N–H and O–H groups in total. The van der Waals surface area contributed by atoms with Crippen molar-refractivity contribution in [2.75, 3.05) is 39.6 Å². The third-order valence-corrected chi connectivity index (χ3v) is 23.1. The van der Waals surface area contributed by atoms with E-state index in [2.05, 4.69) is 179 Å². The topological polar surface area (TPSA) is 231 Å². The standard InChI is InChI=1S/C105H182O16P2/c1-4-7-10-13-16-19-22-25-28-31-34-37-40-43-45-47-48-49-50-52-54-56-58-61-64-67-70-73-76-79-82-85-88-91-103(108)115-94-100(106)95-117-122(111,112)118-96-101(107)97-119-123(113,114)120-99-102(121-105(110)93-90-87-84-81-78-75-72-69-66-63-60-55-42-39-36-33-30-27-24-21-18-15-12-9-6-3)98-116-104(109)92-89-86-83-80-77-74-71-68-65-62-59-57-53-51-46-44-41-38-35-32-29-26-23-20-17-14-11-8-5-2/h7,10,16-21,25-30,34-39,43-46,55,60,100-102,106-107H,4-6,8-9,11-15,22-24,31-33,40-42,47-54,56-59,61-99H2,1-3H3,(H,111,112)(H,113,114)/b10-7-,19-16-,20-17-,21-18-,28-25-,29-26-,30-27-,37-34-,38-35-,39-36-,45-43-,46-44-,60-55-. The zero-order valence-electron chi connectivity index (χ0n) is 78.3. The van der Waals surface area contributed by atoms with Crippen molar-refractivity contribution in [2.45, 2.75) is 450 Å². The van der Waals surface area contributed by atoms with Crippen LogP contribution in [0, 0.1) is 0 Å². The van der Waals surface area contributed by atoms with Crippen molar-refractivity contribution in [1.82, 2.24) is 0 Å². The summed E-state index contributed by atoms with van der Waals surface area (Å²) in [5.41, 5.74) is 0. The summed E-state index contributed by atoms with van der Waals surface area (Å²) in [7, 11) is -9.82. The van der Waals surface area contributed by atoms with E-state index in [-0.39, 0.29) is 19.3 Å². The van der Waals surface area contributed by atoms with Crippen molar-refractivity contribution in [2.24, 2.45) is 0 Å². The number of aliphatic hydroxyl groups excluding tert-OH is 2. The molecule has 0 spiro atoms. The Morgan fingerprint density at radius 1 is 0.236 bits per heavy atom. The minimum atomic E-state index is -4.95. The lowest BCUT2D eigenvalue weighted by atomic mass is 10.0. The Morgan fingerprint density at radius 3 is 0.683 bits per heavy atom. The molecule has 0 aromatic rings. The molecule has 0 amide bonds. The van der Waals surface area contributed by atoms with E-state index in [1.807, 2.05) is 0 Å². The van der Waals surface area contributed by atoms with Gasteiger partial charge in [-0.1, -0.05) is 416 Å². The summed E-state index contributed by atoms with van der Waals surface area (Å²) in [5.74, 6) is -1.57. The quantitative estimate of drug-likeness (QED) is 0.0146. The van der Waals surface area contributed by atoms with Crippen LogP contribution in [0.3, 0.4) is 0 Å². The van der Waals surface area contributed by atoms with Gasteiger partial charge in [0.05, 0.1) is 26.4 Å². The number of phosphoric ester groups is 2. The van der Waals surface area contributed by atoms with Crippen molar-refractivity contribution in [1.29, 1.82) is 0 Å². The fourth-order valence-electron chi connectivity index (χ4n) is 13.7. The first-order chi connectivity index (χ1) is 60.2. The van der Waals surface area contributed by atoms with Crippen molar-refractivity contribution >= 4 is 33.6 Å². The number of ether oxygens (including phenoxy) is 3. The minimum Gasteiger partial charge on any atom is -0.463 e. The Hall–Kier alpha value is -4.83. The Labute approximate surface area is 752 Å². The number of phosphoric acid groups is 2. The van der Waals surface area contributed by atoms with E-state index < -0.39 is 91.5 Å². The van der Waals surface area contributed by atoms with Crippen LogP contribution in [-0.4, -0.2) is 95.9 Å². The highest BCUT2D eigenvalue weighted by Crippen LogP contribution is 2.45. The first-order valence-corrected chi connectivity index (χ1v) is 52.8. The molecule has 5 unspecified atom stereocenters. The van der Waals surface area contributed by atoms with Gasteiger partial charge in [-0.05, 0) is 154 Å². The number of allylic oxidation sites excluding steroid dienone is 26. The molecule has 0 heterocycles. The molecule has 0 bridgehead atoms. The van der Waals surface area contributed by atoms with E-state index in [0.717, 1.165) is 154 Å². The molecule has 0 radical (unpaired) electrons. The molecular formula is C105H182O16P2. The molecule has 16 nitrogen and oxygen atoms in total. The third kappa shape index (κ3) is 97.6. The Morgan fingerprint density at radius 2 is 0.431 bits per heavy atom. The number of esters is 3. The van der Waals surface area contributed by atoms with Crippen LogP contribution in [0.4, 0.5) is 0 Å². The van der Waals surface area contributed by atoms with Crippen LogP contribution in [0.1, 0.15) is 432 Å². The van der Waals surface area contributed by atoms with Crippen LogP contribution < -0.4 is 0 Å².